The third kappa shape index (κ3) is 3.26. The Hall–Kier alpha value is -3.08. The van der Waals surface area contributed by atoms with E-state index in [-0.39, 0.29) is 17.4 Å². The van der Waals surface area contributed by atoms with E-state index < -0.39 is 11.7 Å². The second-order valence-corrected chi connectivity index (χ2v) is 5.67. The molecule has 0 atom stereocenters. The molecule has 25 heavy (non-hydrogen) atoms. The molecule has 0 amide bonds. The maximum absolute atomic E-state index is 12.8. The topological polar surface area (TPSA) is 69.6 Å². The molecule has 1 aromatic carbocycles. The van der Waals surface area contributed by atoms with Gasteiger partial charge in [-0.1, -0.05) is 12.0 Å². The number of rotatable bonds is 1. The van der Waals surface area contributed by atoms with Gasteiger partial charge in [0.1, 0.15) is 17.8 Å². The van der Waals surface area contributed by atoms with Crippen LogP contribution in [-0.2, 0) is 6.18 Å². The maximum Gasteiger partial charge on any atom is 0.416 e. The lowest BCUT2D eigenvalue weighted by atomic mass is 10.1. The van der Waals surface area contributed by atoms with Gasteiger partial charge in [-0.3, -0.25) is 0 Å². The minimum absolute atomic E-state index is 0.0147. The van der Waals surface area contributed by atoms with Crippen LogP contribution < -0.4 is 5.73 Å². The van der Waals surface area contributed by atoms with E-state index in [9.17, 15) is 13.2 Å². The van der Waals surface area contributed by atoms with Crippen molar-refractivity contribution < 1.29 is 13.2 Å². The monoisotopic (exact) mass is 345 g/mol. The van der Waals surface area contributed by atoms with E-state index in [4.69, 9.17) is 5.73 Å². The zero-order valence-corrected chi connectivity index (χ0v) is 13.5. The van der Waals surface area contributed by atoms with Crippen molar-refractivity contribution in [3.05, 3.63) is 47.4 Å². The van der Waals surface area contributed by atoms with Crippen molar-refractivity contribution in [2.45, 2.75) is 26.1 Å². The number of halogens is 3. The normalized spacial score (nSPS) is 11.6. The first kappa shape index (κ1) is 16.8. The van der Waals surface area contributed by atoms with Crippen LogP contribution in [-0.4, -0.2) is 19.7 Å². The second kappa shape index (κ2) is 6.09. The van der Waals surface area contributed by atoms with Gasteiger partial charge in [0.05, 0.1) is 10.9 Å². The highest BCUT2D eigenvalue weighted by Gasteiger charge is 2.30. The van der Waals surface area contributed by atoms with Crippen molar-refractivity contribution >= 4 is 16.9 Å². The van der Waals surface area contributed by atoms with Crippen LogP contribution in [0.25, 0.3) is 11.0 Å². The van der Waals surface area contributed by atoms with E-state index in [2.05, 4.69) is 26.9 Å². The Morgan fingerprint density at radius 3 is 2.60 bits per heavy atom. The number of alkyl halides is 3. The summed E-state index contributed by atoms with van der Waals surface area (Å²) in [6, 6.07) is 4.83. The minimum atomic E-state index is -4.41. The summed E-state index contributed by atoms with van der Waals surface area (Å²) < 4.78 is 40.0. The Morgan fingerprint density at radius 1 is 1.16 bits per heavy atom. The molecule has 0 aliphatic heterocycles. The number of fused-ring (bicyclic) bond motifs is 1. The quantitative estimate of drug-likeness (QED) is 0.686. The molecule has 3 rings (SSSR count). The molecule has 0 radical (unpaired) electrons. The van der Waals surface area contributed by atoms with Crippen LogP contribution in [0.5, 0.6) is 0 Å². The zero-order chi connectivity index (χ0) is 18.2. The lowest BCUT2D eigenvalue weighted by Crippen LogP contribution is -2.04. The van der Waals surface area contributed by atoms with Crippen molar-refractivity contribution in [1.29, 1.82) is 0 Å². The van der Waals surface area contributed by atoms with Crippen LogP contribution in [0, 0.1) is 11.8 Å². The van der Waals surface area contributed by atoms with Crippen molar-refractivity contribution in [1.82, 2.24) is 19.7 Å². The number of anilines is 1. The summed E-state index contributed by atoms with van der Waals surface area (Å²) in [6.07, 6.45) is -3.08. The Morgan fingerprint density at radius 2 is 1.92 bits per heavy atom. The van der Waals surface area contributed by atoms with E-state index in [1.165, 1.54) is 18.5 Å². The highest BCUT2D eigenvalue weighted by atomic mass is 19.4. The fraction of sp³-hybridized carbons (Fsp3) is 0.235. The molecule has 5 nitrogen and oxygen atoms in total. The predicted octanol–water partition coefficient (Wildman–Crippen LogP) is 3.41. The lowest BCUT2D eigenvalue weighted by Gasteiger charge is -2.05. The third-order valence-electron chi connectivity index (χ3n) is 3.52. The van der Waals surface area contributed by atoms with Crippen molar-refractivity contribution in [2.24, 2.45) is 0 Å². The summed E-state index contributed by atoms with van der Waals surface area (Å²) in [5, 5.41) is 4.87. The summed E-state index contributed by atoms with van der Waals surface area (Å²) in [5.41, 5.74) is 6.25. The highest BCUT2D eigenvalue weighted by Crippen LogP contribution is 2.29. The number of nitrogens with two attached hydrogens (primary N) is 1. The fourth-order valence-corrected chi connectivity index (χ4v) is 2.35. The summed E-state index contributed by atoms with van der Waals surface area (Å²) in [7, 11) is 0. The van der Waals surface area contributed by atoms with E-state index in [0.717, 1.165) is 12.1 Å². The average molecular weight is 345 g/mol. The van der Waals surface area contributed by atoms with E-state index >= 15 is 0 Å². The second-order valence-electron chi connectivity index (χ2n) is 5.67. The van der Waals surface area contributed by atoms with Crippen LogP contribution in [0.4, 0.5) is 19.0 Å². The van der Waals surface area contributed by atoms with Gasteiger partial charge in [0, 0.05) is 11.6 Å². The van der Waals surface area contributed by atoms with Crippen LogP contribution in [0.2, 0.25) is 0 Å². The smallest absolute Gasteiger partial charge is 0.383 e. The molecule has 128 valence electrons. The van der Waals surface area contributed by atoms with Crippen molar-refractivity contribution in [2.75, 3.05) is 5.73 Å². The summed E-state index contributed by atoms with van der Waals surface area (Å²) in [5.74, 6) is 5.72. The Labute approximate surface area is 141 Å². The van der Waals surface area contributed by atoms with Crippen LogP contribution in [0.15, 0.2) is 30.6 Å². The summed E-state index contributed by atoms with van der Waals surface area (Å²) in [6.45, 7) is 3.85. The van der Waals surface area contributed by atoms with Gasteiger partial charge in [0.15, 0.2) is 5.65 Å². The standard InChI is InChI=1S/C17H14F3N5/c1-10(2)25-16-14(15(21)22-9-23-16)13(24-25)7-6-11-4-3-5-12(8-11)17(18,19)20/h3-5,8-10H,1-2H3,(H2,21,22,23). The summed E-state index contributed by atoms with van der Waals surface area (Å²) in [4.78, 5) is 8.12. The van der Waals surface area contributed by atoms with Gasteiger partial charge < -0.3 is 5.73 Å². The number of nitrogen functional groups attached to an aromatic ring is 1. The molecular weight excluding hydrogens is 331 g/mol. The summed E-state index contributed by atoms with van der Waals surface area (Å²) >= 11 is 0. The van der Waals surface area contributed by atoms with E-state index in [1.54, 1.807) is 4.68 Å². The molecule has 0 saturated carbocycles. The fourth-order valence-electron chi connectivity index (χ4n) is 2.35. The Bertz CT molecular complexity index is 993. The van der Waals surface area contributed by atoms with Gasteiger partial charge in [-0.15, -0.1) is 0 Å². The van der Waals surface area contributed by atoms with Gasteiger partial charge in [0.25, 0.3) is 0 Å². The van der Waals surface area contributed by atoms with Crippen LogP contribution in [0.3, 0.4) is 0 Å². The van der Waals surface area contributed by atoms with Gasteiger partial charge in [-0.25, -0.2) is 14.6 Å². The van der Waals surface area contributed by atoms with Crippen LogP contribution >= 0.6 is 0 Å². The molecule has 0 aliphatic rings. The molecule has 0 spiro atoms. The molecular formula is C17H14F3N5. The van der Waals surface area contributed by atoms with Gasteiger partial charge in [-0.05, 0) is 38.0 Å². The first-order chi connectivity index (χ1) is 11.8. The van der Waals surface area contributed by atoms with Crippen molar-refractivity contribution in [3.8, 4) is 11.8 Å². The number of nitrogens with zero attached hydrogens (tertiary/aromatic N) is 4. The lowest BCUT2D eigenvalue weighted by molar-refractivity contribution is -0.137. The van der Waals surface area contributed by atoms with Gasteiger partial charge in [0.2, 0.25) is 0 Å². The zero-order valence-electron chi connectivity index (χ0n) is 13.5. The van der Waals surface area contributed by atoms with E-state index in [1.807, 2.05) is 13.8 Å². The molecule has 0 saturated heterocycles. The minimum Gasteiger partial charge on any atom is -0.383 e. The predicted molar refractivity (Wildman–Crippen MR) is 87.5 cm³/mol. The highest BCUT2D eigenvalue weighted by molar-refractivity contribution is 5.90. The first-order valence-electron chi connectivity index (χ1n) is 7.45. The molecule has 2 heterocycles. The van der Waals surface area contributed by atoms with Gasteiger partial charge >= 0.3 is 6.18 Å². The number of hydrogen-bond acceptors (Lipinski definition) is 4. The largest absolute Gasteiger partial charge is 0.416 e. The van der Waals surface area contributed by atoms with Crippen LogP contribution in [0.1, 0.15) is 36.7 Å². The molecule has 0 unspecified atom stereocenters. The average Bonchev–Trinajstić information content (AvgIpc) is 2.93. The Balaban J connectivity index is 2.10. The molecule has 8 heteroatoms. The number of benzene rings is 1. The first-order valence-corrected chi connectivity index (χ1v) is 7.45. The molecule has 0 bridgehead atoms. The molecule has 3 aromatic rings. The third-order valence-corrected chi connectivity index (χ3v) is 3.52. The maximum atomic E-state index is 12.8. The molecule has 2 N–H and O–H groups in total. The Kier molecular flexibility index (Phi) is 4.08. The molecule has 0 aliphatic carbocycles. The molecule has 2 aromatic heterocycles. The van der Waals surface area contributed by atoms with Crippen molar-refractivity contribution in [3.63, 3.8) is 0 Å². The number of hydrogen-bond donors (Lipinski definition) is 1. The van der Waals surface area contributed by atoms with Gasteiger partial charge in [-0.2, -0.15) is 18.3 Å². The number of aromatic nitrogens is 4. The molecule has 0 fully saturated rings. The SMILES string of the molecule is CC(C)n1nc(C#Cc2cccc(C(F)(F)F)c2)c2c(N)ncnc21. The van der Waals surface area contributed by atoms with E-state index in [0.29, 0.717) is 16.7 Å².